The van der Waals surface area contributed by atoms with E-state index in [1.165, 1.54) is 6.92 Å². The highest BCUT2D eigenvalue weighted by molar-refractivity contribution is 8.04. The molecule has 5 heteroatoms. The summed E-state index contributed by atoms with van der Waals surface area (Å²) in [6.45, 7) is 1.47. The van der Waals surface area contributed by atoms with Crippen LogP contribution in [0.1, 0.15) is 17.9 Å². The number of Topliss-reactive ketones (excluding diaryl/α,β-unsaturated/α-hetero) is 1. The van der Waals surface area contributed by atoms with Crippen molar-refractivity contribution in [2.75, 3.05) is 7.05 Å². The smallest absolute Gasteiger partial charge is 0.187 e. The summed E-state index contributed by atoms with van der Waals surface area (Å²) in [6.07, 6.45) is 0. The second kappa shape index (κ2) is 4.17. The standard InChI is InChI=1S/C11H13N3OS/c1-8(15)10-13-14(2)11(16(10)12)9-6-4-3-5-7-9/h3-7,11-12H,1-2H3. The second-order valence-electron chi connectivity index (χ2n) is 3.64. The van der Waals surface area contributed by atoms with Crippen molar-refractivity contribution >= 4 is 21.5 Å². The van der Waals surface area contributed by atoms with Gasteiger partial charge in [0, 0.05) is 14.0 Å². The zero-order valence-electron chi connectivity index (χ0n) is 9.18. The highest BCUT2D eigenvalue weighted by Gasteiger charge is 2.32. The monoisotopic (exact) mass is 235 g/mol. The molecule has 0 aliphatic carbocycles. The van der Waals surface area contributed by atoms with Crippen molar-refractivity contribution in [3.05, 3.63) is 35.9 Å². The zero-order chi connectivity index (χ0) is 11.7. The van der Waals surface area contributed by atoms with Gasteiger partial charge in [0.05, 0.1) is 0 Å². The van der Waals surface area contributed by atoms with Crippen LogP contribution in [0.3, 0.4) is 0 Å². The van der Waals surface area contributed by atoms with Crippen molar-refractivity contribution in [3.63, 3.8) is 0 Å². The van der Waals surface area contributed by atoms with Crippen LogP contribution in [0, 0.1) is 4.78 Å². The number of hydrazone groups is 1. The molecule has 0 fully saturated rings. The van der Waals surface area contributed by atoms with E-state index in [2.05, 4.69) is 5.10 Å². The normalized spacial score (nSPS) is 24.4. The molecule has 2 atom stereocenters. The molecule has 2 unspecified atom stereocenters. The number of nitrogens with one attached hydrogen (secondary N) is 1. The maximum absolute atomic E-state index is 11.3. The first kappa shape index (κ1) is 11.0. The molecule has 0 saturated carbocycles. The predicted octanol–water partition coefficient (Wildman–Crippen LogP) is 1.91. The Morgan fingerprint density at radius 3 is 2.56 bits per heavy atom. The summed E-state index contributed by atoms with van der Waals surface area (Å²) < 4.78 is 8.08. The molecule has 1 heterocycles. The van der Waals surface area contributed by atoms with Gasteiger partial charge < -0.3 is 0 Å². The lowest BCUT2D eigenvalue weighted by Gasteiger charge is -2.19. The SMILES string of the molecule is CC(=O)C1=NN(C)C(c2ccccc2)S1=N. The number of hydrogen-bond acceptors (Lipinski definition) is 4. The molecule has 2 rings (SSSR count). The van der Waals surface area contributed by atoms with Gasteiger partial charge in [0.2, 0.25) is 0 Å². The molecule has 84 valence electrons. The molecule has 0 radical (unpaired) electrons. The lowest BCUT2D eigenvalue weighted by atomic mass is 10.2. The predicted molar refractivity (Wildman–Crippen MR) is 65.1 cm³/mol. The van der Waals surface area contributed by atoms with E-state index < -0.39 is 10.7 Å². The van der Waals surface area contributed by atoms with Crippen LogP contribution in [0.15, 0.2) is 35.4 Å². The Bertz CT molecular complexity index is 469. The quantitative estimate of drug-likeness (QED) is 0.851. The van der Waals surface area contributed by atoms with Gasteiger partial charge in [-0.1, -0.05) is 30.3 Å². The van der Waals surface area contributed by atoms with Crippen LogP contribution in [0.5, 0.6) is 0 Å². The van der Waals surface area contributed by atoms with Crippen molar-refractivity contribution in [2.45, 2.75) is 12.3 Å². The summed E-state index contributed by atoms with van der Waals surface area (Å²) in [5, 5.41) is 6.11. The zero-order valence-corrected chi connectivity index (χ0v) is 9.99. The van der Waals surface area contributed by atoms with Crippen LogP contribution in [0.2, 0.25) is 0 Å². The minimum Gasteiger partial charge on any atom is -0.292 e. The molecule has 1 N–H and O–H groups in total. The first-order chi connectivity index (χ1) is 7.61. The average Bonchev–Trinajstić information content (AvgIpc) is 2.56. The maximum Gasteiger partial charge on any atom is 0.187 e. The Labute approximate surface area is 96.9 Å². The number of carbonyl (C=O) groups excluding carboxylic acids is 1. The van der Waals surface area contributed by atoms with Crippen molar-refractivity contribution < 1.29 is 4.79 Å². The highest BCUT2D eigenvalue weighted by atomic mass is 32.2. The Kier molecular flexibility index (Phi) is 2.87. The van der Waals surface area contributed by atoms with Gasteiger partial charge in [0.1, 0.15) is 5.37 Å². The van der Waals surface area contributed by atoms with Gasteiger partial charge in [-0.25, -0.2) is 0 Å². The number of ketones is 1. The van der Waals surface area contributed by atoms with Crippen LogP contribution in [-0.4, -0.2) is 22.9 Å². The van der Waals surface area contributed by atoms with Crippen LogP contribution >= 0.6 is 0 Å². The Balaban J connectivity index is 2.35. The number of rotatable bonds is 2. The summed E-state index contributed by atoms with van der Waals surface area (Å²) in [7, 11) is 0.924. The van der Waals surface area contributed by atoms with Crippen molar-refractivity contribution in [1.29, 1.82) is 4.78 Å². The van der Waals surface area contributed by atoms with Gasteiger partial charge in [-0.3, -0.25) is 14.6 Å². The second-order valence-corrected chi connectivity index (χ2v) is 5.14. The molecule has 0 bridgehead atoms. The molecular weight excluding hydrogens is 222 g/mol. The molecule has 4 nitrogen and oxygen atoms in total. The fourth-order valence-corrected chi connectivity index (χ4v) is 3.21. The van der Waals surface area contributed by atoms with Crippen LogP contribution in [0.4, 0.5) is 0 Å². The van der Waals surface area contributed by atoms with Gasteiger partial charge in [0.25, 0.3) is 0 Å². The molecule has 0 amide bonds. The number of benzene rings is 1. The van der Waals surface area contributed by atoms with Crippen molar-refractivity contribution in [3.8, 4) is 0 Å². The summed E-state index contributed by atoms with van der Waals surface area (Å²) >= 11 is 0. The van der Waals surface area contributed by atoms with Gasteiger partial charge in [-0.05, 0) is 16.3 Å². The largest absolute Gasteiger partial charge is 0.292 e. The minimum atomic E-state index is -0.883. The third-order valence-electron chi connectivity index (χ3n) is 2.41. The highest BCUT2D eigenvalue weighted by Crippen LogP contribution is 2.30. The van der Waals surface area contributed by atoms with E-state index in [0.29, 0.717) is 5.04 Å². The van der Waals surface area contributed by atoms with E-state index in [4.69, 9.17) is 4.78 Å². The summed E-state index contributed by atoms with van der Waals surface area (Å²) in [5.74, 6) is -0.108. The topological polar surface area (TPSA) is 56.5 Å². The number of hydrogen-bond donors (Lipinski definition) is 1. The summed E-state index contributed by atoms with van der Waals surface area (Å²) in [4.78, 5) is 11.3. The van der Waals surface area contributed by atoms with E-state index in [-0.39, 0.29) is 11.2 Å². The van der Waals surface area contributed by atoms with E-state index in [0.717, 1.165) is 5.56 Å². The lowest BCUT2D eigenvalue weighted by Crippen LogP contribution is -2.19. The van der Waals surface area contributed by atoms with Crippen molar-refractivity contribution in [2.24, 2.45) is 5.10 Å². The molecule has 16 heavy (non-hydrogen) atoms. The van der Waals surface area contributed by atoms with Gasteiger partial charge in [-0.15, -0.1) is 0 Å². The molecule has 1 aromatic carbocycles. The average molecular weight is 235 g/mol. The van der Waals surface area contributed by atoms with Crippen LogP contribution in [0.25, 0.3) is 0 Å². The number of nitrogens with zero attached hydrogens (tertiary/aromatic N) is 2. The minimum absolute atomic E-state index is 0.108. The maximum atomic E-state index is 11.3. The Hall–Kier alpha value is -1.49. The summed E-state index contributed by atoms with van der Waals surface area (Å²) in [6, 6.07) is 9.74. The Morgan fingerprint density at radius 1 is 1.44 bits per heavy atom. The third-order valence-corrected chi connectivity index (χ3v) is 4.21. The van der Waals surface area contributed by atoms with Crippen LogP contribution in [-0.2, 0) is 15.5 Å². The van der Waals surface area contributed by atoms with Crippen LogP contribution < -0.4 is 0 Å². The number of carbonyl (C=O) groups is 1. The molecule has 0 aromatic heterocycles. The first-order valence-corrected chi connectivity index (χ1v) is 6.21. The lowest BCUT2D eigenvalue weighted by molar-refractivity contribution is -0.110. The fraction of sp³-hybridized carbons (Fsp3) is 0.273. The van der Waals surface area contributed by atoms with Gasteiger partial charge >= 0.3 is 0 Å². The van der Waals surface area contributed by atoms with E-state index in [9.17, 15) is 4.79 Å². The molecule has 1 aliphatic rings. The molecular formula is C11H13N3OS. The van der Waals surface area contributed by atoms with E-state index >= 15 is 0 Å². The molecule has 0 spiro atoms. The van der Waals surface area contributed by atoms with Crippen molar-refractivity contribution in [1.82, 2.24) is 5.01 Å². The first-order valence-electron chi connectivity index (χ1n) is 4.93. The summed E-state index contributed by atoms with van der Waals surface area (Å²) in [5.41, 5.74) is 1.03. The molecule has 0 saturated heterocycles. The fourth-order valence-electron chi connectivity index (χ4n) is 1.69. The van der Waals surface area contributed by atoms with E-state index in [1.54, 1.807) is 5.01 Å². The Morgan fingerprint density at radius 2 is 2.06 bits per heavy atom. The van der Waals surface area contributed by atoms with E-state index in [1.807, 2.05) is 37.4 Å². The van der Waals surface area contributed by atoms with Gasteiger partial charge in [-0.2, -0.15) is 5.10 Å². The van der Waals surface area contributed by atoms with Gasteiger partial charge in [0.15, 0.2) is 10.8 Å². The molecule has 1 aromatic rings. The third kappa shape index (κ3) is 1.78. The molecule has 1 aliphatic heterocycles.